The lowest BCUT2D eigenvalue weighted by Gasteiger charge is -2.47. The summed E-state index contributed by atoms with van der Waals surface area (Å²) in [6.07, 6.45) is 3.24. The first kappa shape index (κ1) is 16.7. The Labute approximate surface area is 140 Å². The predicted octanol–water partition coefficient (Wildman–Crippen LogP) is -0.349. The van der Waals surface area contributed by atoms with Crippen LogP contribution in [-0.2, 0) is 16.5 Å². The van der Waals surface area contributed by atoms with Crippen LogP contribution in [0.5, 0.6) is 0 Å². The molecule has 2 saturated heterocycles. The molecule has 2 fully saturated rings. The average molecular weight is 337 g/mol. The van der Waals surface area contributed by atoms with Gasteiger partial charge in [0.15, 0.2) is 0 Å². The fourth-order valence-electron chi connectivity index (χ4n) is 3.02. The third-order valence-corrected chi connectivity index (χ3v) is 4.17. The van der Waals surface area contributed by atoms with Crippen LogP contribution in [0.25, 0.3) is 0 Å². The van der Waals surface area contributed by atoms with Crippen LogP contribution in [0.3, 0.4) is 0 Å². The molecule has 1 atom stereocenters. The average Bonchev–Trinajstić information content (AvgIpc) is 3.01. The summed E-state index contributed by atoms with van der Waals surface area (Å²) in [5.41, 5.74) is 0.533. The summed E-state index contributed by atoms with van der Waals surface area (Å²) in [6, 6.07) is -0.139. The number of hydrogen-bond donors (Lipinski definition) is 1. The number of rotatable bonds is 2. The van der Waals surface area contributed by atoms with Crippen LogP contribution in [0.4, 0.5) is 4.79 Å². The summed E-state index contributed by atoms with van der Waals surface area (Å²) in [5.74, 6) is -1.07. The van der Waals surface area contributed by atoms with Crippen LogP contribution in [0, 0.1) is 0 Å². The first-order valence-electron chi connectivity index (χ1n) is 8.11. The number of hydrogen-bond acceptors (Lipinski definition) is 5. The molecule has 1 spiro atoms. The van der Waals surface area contributed by atoms with Crippen LogP contribution < -0.4 is 5.32 Å². The third kappa shape index (κ3) is 3.36. The number of aryl methyl sites for hydroxylation is 1. The Hall–Kier alpha value is -2.13. The molecule has 0 bridgehead atoms. The van der Waals surface area contributed by atoms with Gasteiger partial charge in [0, 0.05) is 32.9 Å². The summed E-state index contributed by atoms with van der Waals surface area (Å²) in [6.45, 7) is 4.77. The molecule has 2 aliphatic rings. The zero-order chi connectivity index (χ0) is 17.2. The minimum absolute atomic E-state index is 0.107. The van der Waals surface area contributed by atoms with Gasteiger partial charge in [-0.15, -0.1) is 0 Å². The molecule has 1 aromatic rings. The van der Waals surface area contributed by atoms with E-state index in [0.717, 1.165) is 0 Å². The number of amides is 3. The van der Waals surface area contributed by atoms with Gasteiger partial charge in [-0.3, -0.25) is 9.48 Å². The first-order chi connectivity index (χ1) is 11.5. The molecule has 0 saturated carbocycles. The molecule has 1 N–H and O–H groups in total. The maximum absolute atomic E-state index is 12.6. The summed E-state index contributed by atoms with van der Waals surface area (Å²) < 4.78 is 13.3. The van der Waals surface area contributed by atoms with Gasteiger partial charge in [0.2, 0.25) is 5.79 Å². The van der Waals surface area contributed by atoms with Gasteiger partial charge < -0.3 is 24.6 Å². The maximum Gasteiger partial charge on any atom is 0.317 e. The molecular weight excluding hydrogens is 314 g/mol. The quantitative estimate of drug-likeness (QED) is 0.797. The fourth-order valence-corrected chi connectivity index (χ4v) is 3.02. The highest BCUT2D eigenvalue weighted by Crippen LogP contribution is 2.25. The Morgan fingerprint density at radius 1 is 1.25 bits per heavy atom. The molecule has 9 heteroatoms. The highest BCUT2D eigenvalue weighted by Gasteiger charge is 2.44. The minimum atomic E-state index is -0.959. The van der Waals surface area contributed by atoms with E-state index < -0.39 is 5.79 Å². The molecule has 132 valence electrons. The van der Waals surface area contributed by atoms with E-state index in [9.17, 15) is 9.59 Å². The number of carbonyl (C=O) groups excluding carboxylic acids is 2. The standard InChI is InChI=1S/C15H23N5O4/c1-3-16-14(22)20-5-7-24-15(11-20)10-19(4-6-23-15)13(21)12-8-17-18(2)9-12/h8-9H,3-7,10-11H2,1-2H3,(H,16,22). The maximum atomic E-state index is 12.6. The van der Waals surface area contributed by atoms with Crippen LogP contribution >= 0.6 is 0 Å². The molecule has 24 heavy (non-hydrogen) atoms. The van der Waals surface area contributed by atoms with E-state index in [-0.39, 0.29) is 18.5 Å². The van der Waals surface area contributed by atoms with Gasteiger partial charge in [-0.25, -0.2) is 4.79 Å². The molecule has 0 aromatic carbocycles. The Balaban J connectivity index is 1.69. The van der Waals surface area contributed by atoms with Crippen molar-refractivity contribution < 1.29 is 19.1 Å². The second kappa shape index (κ2) is 6.78. The minimum Gasteiger partial charge on any atom is -0.345 e. The molecule has 3 rings (SSSR count). The molecule has 2 aliphatic heterocycles. The molecule has 9 nitrogen and oxygen atoms in total. The number of morpholine rings is 2. The largest absolute Gasteiger partial charge is 0.345 e. The second-order valence-electron chi connectivity index (χ2n) is 5.99. The Morgan fingerprint density at radius 2 is 1.92 bits per heavy atom. The van der Waals surface area contributed by atoms with Crippen molar-refractivity contribution in [3.05, 3.63) is 18.0 Å². The van der Waals surface area contributed by atoms with Gasteiger partial charge in [0.05, 0.1) is 38.1 Å². The summed E-state index contributed by atoms with van der Waals surface area (Å²) >= 11 is 0. The van der Waals surface area contributed by atoms with E-state index in [2.05, 4.69) is 10.4 Å². The topological polar surface area (TPSA) is 88.9 Å². The van der Waals surface area contributed by atoms with Gasteiger partial charge in [-0.05, 0) is 6.92 Å². The lowest BCUT2D eigenvalue weighted by Crippen LogP contribution is -2.64. The van der Waals surface area contributed by atoms with Crippen LogP contribution in [-0.4, -0.2) is 83.2 Å². The highest BCUT2D eigenvalue weighted by atomic mass is 16.7. The SMILES string of the molecule is CCNC(=O)N1CCOC2(C1)CN(C(=O)c1cnn(C)c1)CCO2. The second-order valence-corrected chi connectivity index (χ2v) is 5.99. The van der Waals surface area contributed by atoms with Gasteiger partial charge in [0.1, 0.15) is 0 Å². The van der Waals surface area contributed by atoms with Crippen LogP contribution in [0.1, 0.15) is 17.3 Å². The number of urea groups is 1. The summed E-state index contributed by atoms with van der Waals surface area (Å²) in [7, 11) is 1.77. The third-order valence-electron chi connectivity index (χ3n) is 4.17. The summed E-state index contributed by atoms with van der Waals surface area (Å²) in [5, 5.41) is 6.82. The van der Waals surface area contributed by atoms with Crippen molar-refractivity contribution >= 4 is 11.9 Å². The lowest BCUT2D eigenvalue weighted by atomic mass is 10.1. The van der Waals surface area contributed by atoms with Crippen LogP contribution in [0.2, 0.25) is 0 Å². The van der Waals surface area contributed by atoms with Crippen molar-refractivity contribution in [2.75, 3.05) is 45.9 Å². The highest BCUT2D eigenvalue weighted by molar-refractivity contribution is 5.93. The van der Waals surface area contributed by atoms with Crippen molar-refractivity contribution in [1.29, 1.82) is 0 Å². The number of aromatic nitrogens is 2. The zero-order valence-corrected chi connectivity index (χ0v) is 14.0. The number of carbonyl (C=O) groups is 2. The van der Waals surface area contributed by atoms with Gasteiger partial charge in [-0.1, -0.05) is 0 Å². The van der Waals surface area contributed by atoms with E-state index in [0.29, 0.717) is 45.0 Å². The molecule has 1 unspecified atom stereocenters. The van der Waals surface area contributed by atoms with Gasteiger partial charge in [0.25, 0.3) is 5.91 Å². The van der Waals surface area contributed by atoms with E-state index >= 15 is 0 Å². The first-order valence-corrected chi connectivity index (χ1v) is 8.11. The number of nitrogens with zero attached hydrogens (tertiary/aromatic N) is 4. The van der Waals surface area contributed by atoms with E-state index in [1.807, 2.05) is 6.92 Å². The predicted molar refractivity (Wildman–Crippen MR) is 84.4 cm³/mol. The van der Waals surface area contributed by atoms with Crippen molar-refractivity contribution in [2.45, 2.75) is 12.7 Å². The van der Waals surface area contributed by atoms with Crippen molar-refractivity contribution in [3.63, 3.8) is 0 Å². The Morgan fingerprint density at radius 3 is 2.54 bits per heavy atom. The van der Waals surface area contributed by atoms with Crippen LogP contribution in [0.15, 0.2) is 12.4 Å². The normalized spacial score (nSPS) is 24.2. The van der Waals surface area contributed by atoms with Crippen molar-refractivity contribution in [1.82, 2.24) is 24.9 Å². The van der Waals surface area contributed by atoms with Crippen molar-refractivity contribution in [2.24, 2.45) is 7.05 Å². The van der Waals surface area contributed by atoms with Crippen molar-refractivity contribution in [3.8, 4) is 0 Å². The van der Waals surface area contributed by atoms with E-state index in [1.54, 1.807) is 33.9 Å². The van der Waals surface area contributed by atoms with Gasteiger partial charge in [-0.2, -0.15) is 5.10 Å². The lowest BCUT2D eigenvalue weighted by molar-refractivity contribution is -0.281. The fraction of sp³-hybridized carbons (Fsp3) is 0.667. The zero-order valence-electron chi connectivity index (χ0n) is 14.0. The number of ether oxygens (including phenoxy) is 2. The monoisotopic (exact) mass is 337 g/mol. The summed E-state index contributed by atoms with van der Waals surface area (Å²) in [4.78, 5) is 28.1. The molecule has 0 radical (unpaired) electrons. The molecule has 3 heterocycles. The smallest absolute Gasteiger partial charge is 0.317 e. The van der Waals surface area contributed by atoms with Gasteiger partial charge >= 0.3 is 6.03 Å². The van der Waals surface area contributed by atoms with E-state index in [1.165, 1.54) is 0 Å². The Bertz CT molecular complexity index is 615. The molecule has 1 aromatic heterocycles. The molecule has 3 amide bonds. The Kier molecular flexibility index (Phi) is 4.72. The number of nitrogens with one attached hydrogen (secondary N) is 1. The molecular formula is C15H23N5O4. The molecule has 0 aliphatic carbocycles. The van der Waals surface area contributed by atoms with E-state index in [4.69, 9.17) is 9.47 Å².